The summed E-state index contributed by atoms with van der Waals surface area (Å²) in [5.74, 6) is 5.45. The molecular formula is C11H19N7O2. The highest BCUT2D eigenvalue weighted by molar-refractivity contribution is 5.84. The van der Waals surface area contributed by atoms with Crippen molar-refractivity contribution in [2.75, 3.05) is 23.4 Å². The first-order valence-corrected chi connectivity index (χ1v) is 6.00. The second kappa shape index (κ2) is 6.66. The van der Waals surface area contributed by atoms with Crippen molar-refractivity contribution >= 4 is 23.5 Å². The van der Waals surface area contributed by atoms with E-state index in [2.05, 4.69) is 15.4 Å². The van der Waals surface area contributed by atoms with E-state index in [-0.39, 0.29) is 19.0 Å². The molecular weight excluding hydrogens is 262 g/mol. The zero-order valence-corrected chi connectivity index (χ0v) is 11.5. The lowest BCUT2D eigenvalue weighted by molar-refractivity contribution is -0.117. The van der Waals surface area contributed by atoms with Gasteiger partial charge in [0.15, 0.2) is 0 Å². The van der Waals surface area contributed by atoms with Gasteiger partial charge in [0.25, 0.3) is 0 Å². The van der Waals surface area contributed by atoms with Crippen molar-refractivity contribution in [2.45, 2.75) is 19.8 Å². The maximum absolute atomic E-state index is 11.1. The van der Waals surface area contributed by atoms with Crippen LogP contribution in [0.25, 0.3) is 0 Å². The molecule has 0 bridgehead atoms. The van der Waals surface area contributed by atoms with Gasteiger partial charge in [-0.05, 0) is 0 Å². The number of hydrogen-bond donors (Lipinski definition) is 4. The molecule has 0 unspecified atom stereocenters. The minimum Gasteiger partial charge on any atom is -0.368 e. The van der Waals surface area contributed by atoms with Crippen molar-refractivity contribution in [3.05, 3.63) is 11.9 Å². The Morgan fingerprint density at radius 3 is 2.20 bits per heavy atom. The molecule has 0 spiro atoms. The second-order valence-electron chi connectivity index (χ2n) is 4.56. The summed E-state index contributed by atoms with van der Waals surface area (Å²) < 4.78 is 0. The van der Waals surface area contributed by atoms with Gasteiger partial charge in [0.05, 0.1) is 13.1 Å². The summed E-state index contributed by atoms with van der Waals surface area (Å²) in [6.07, 6.45) is 0. The summed E-state index contributed by atoms with van der Waals surface area (Å²) in [4.78, 5) is 32.0. The van der Waals surface area contributed by atoms with Crippen molar-refractivity contribution in [3.8, 4) is 0 Å². The molecule has 110 valence electrons. The molecule has 0 radical (unpaired) electrons. The Bertz CT molecular complexity index is 488. The molecule has 1 heterocycles. The normalized spacial score (nSPS) is 10.4. The van der Waals surface area contributed by atoms with E-state index in [1.807, 2.05) is 13.8 Å². The largest absolute Gasteiger partial charge is 0.368 e. The van der Waals surface area contributed by atoms with E-state index >= 15 is 0 Å². The number of carbonyl (C=O) groups is 2. The number of amides is 2. The first-order chi connectivity index (χ1) is 9.33. The van der Waals surface area contributed by atoms with E-state index in [9.17, 15) is 9.59 Å². The molecule has 0 saturated carbocycles. The number of nitrogens with two attached hydrogens (primary N) is 3. The number of carbonyl (C=O) groups excluding carboxylic acids is 2. The number of nitrogens with one attached hydrogen (secondary N) is 1. The predicted molar refractivity (Wildman–Crippen MR) is 74.5 cm³/mol. The lowest BCUT2D eigenvalue weighted by Gasteiger charge is -2.22. The lowest BCUT2D eigenvalue weighted by atomic mass is 10.2. The van der Waals surface area contributed by atoms with Gasteiger partial charge in [-0.1, -0.05) is 13.8 Å². The Balaban J connectivity index is 3.19. The maximum Gasteiger partial charge on any atom is 0.237 e. The average molecular weight is 281 g/mol. The fraction of sp³-hybridized carbons (Fsp3) is 0.455. The molecule has 0 aliphatic carbocycles. The minimum atomic E-state index is -0.599. The third-order valence-electron chi connectivity index (χ3n) is 2.41. The number of nitrogens with zero attached hydrogens (tertiary/aromatic N) is 3. The van der Waals surface area contributed by atoms with Gasteiger partial charge >= 0.3 is 0 Å². The standard InChI is InChI=1S/C11H19N7O2/c1-6(2)11-15-9(17-14)3-10(16-11)18(4-7(12)19)5-8(13)20/h3,6H,4-5,14H2,1-2H3,(H2,12,19)(H2,13,20)(H,15,16,17). The molecule has 0 atom stereocenters. The van der Waals surface area contributed by atoms with Crippen LogP contribution in [0.15, 0.2) is 6.07 Å². The zero-order valence-electron chi connectivity index (χ0n) is 11.5. The van der Waals surface area contributed by atoms with E-state index in [4.69, 9.17) is 17.3 Å². The van der Waals surface area contributed by atoms with E-state index in [0.29, 0.717) is 17.5 Å². The first kappa shape index (κ1) is 15.6. The maximum atomic E-state index is 11.1. The van der Waals surface area contributed by atoms with Crippen LogP contribution in [-0.2, 0) is 9.59 Å². The highest BCUT2D eigenvalue weighted by Gasteiger charge is 2.16. The van der Waals surface area contributed by atoms with E-state index in [1.54, 1.807) is 0 Å². The van der Waals surface area contributed by atoms with Gasteiger partial charge in [-0.3, -0.25) is 9.59 Å². The lowest BCUT2D eigenvalue weighted by Crippen LogP contribution is -2.40. The molecule has 20 heavy (non-hydrogen) atoms. The van der Waals surface area contributed by atoms with Gasteiger partial charge in [-0.2, -0.15) is 0 Å². The highest BCUT2D eigenvalue weighted by atomic mass is 16.2. The SMILES string of the molecule is CC(C)c1nc(NN)cc(N(CC(N)=O)CC(N)=O)n1. The van der Waals surface area contributed by atoms with Gasteiger partial charge in [0.1, 0.15) is 17.5 Å². The van der Waals surface area contributed by atoms with E-state index in [1.165, 1.54) is 11.0 Å². The Morgan fingerprint density at radius 1 is 1.25 bits per heavy atom. The average Bonchev–Trinajstić information content (AvgIpc) is 2.36. The van der Waals surface area contributed by atoms with Crippen LogP contribution >= 0.6 is 0 Å². The molecule has 9 heteroatoms. The van der Waals surface area contributed by atoms with Gasteiger partial charge in [-0.15, -0.1) is 0 Å². The van der Waals surface area contributed by atoms with Gasteiger partial charge in [0.2, 0.25) is 11.8 Å². The molecule has 0 saturated heterocycles. The topological polar surface area (TPSA) is 153 Å². The number of hydrogen-bond acceptors (Lipinski definition) is 7. The predicted octanol–water partition coefficient (Wildman–Crippen LogP) is -1.34. The number of nitrogen functional groups attached to an aromatic ring is 1. The summed E-state index contributed by atoms with van der Waals surface area (Å²) in [5, 5.41) is 0. The van der Waals surface area contributed by atoms with Crippen molar-refractivity contribution in [1.29, 1.82) is 0 Å². The molecule has 1 aromatic rings. The van der Waals surface area contributed by atoms with Crippen LogP contribution in [0.3, 0.4) is 0 Å². The van der Waals surface area contributed by atoms with Gasteiger partial charge < -0.3 is 21.8 Å². The summed E-state index contributed by atoms with van der Waals surface area (Å²) in [6.45, 7) is 3.46. The molecule has 9 nitrogen and oxygen atoms in total. The number of rotatable bonds is 7. The summed E-state index contributed by atoms with van der Waals surface area (Å²) >= 11 is 0. The van der Waals surface area contributed by atoms with Crippen molar-refractivity contribution in [2.24, 2.45) is 17.3 Å². The molecule has 0 fully saturated rings. The third-order valence-corrected chi connectivity index (χ3v) is 2.41. The van der Waals surface area contributed by atoms with Crippen molar-refractivity contribution in [1.82, 2.24) is 9.97 Å². The van der Waals surface area contributed by atoms with Crippen LogP contribution in [-0.4, -0.2) is 34.9 Å². The summed E-state index contributed by atoms with van der Waals surface area (Å²) in [6, 6.07) is 1.51. The number of primary amides is 2. The fourth-order valence-corrected chi connectivity index (χ4v) is 1.54. The van der Waals surface area contributed by atoms with Crippen LogP contribution in [0.4, 0.5) is 11.6 Å². The molecule has 0 aromatic carbocycles. The van der Waals surface area contributed by atoms with Gasteiger partial charge in [0, 0.05) is 12.0 Å². The summed E-state index contributed by atoms with van der Waals surface area (Å²) in [5.41, 5.74) is 12.7. The number of aromatic nitrogens is 2. The van der Waals surface area contributed by atoms with Crippen LogP contribution < -0.4 is 27.6 Å². The Labute approximate surface area is 116 Å². The van der Waals surface area contributed by atoms with E-state index in [0.717, 1.165) is 0 Å². The molecule has 7 N–H and O–H groups in total. The second-order valence-corrected chi connectivity index (χ2v) is 4.56. The van der Waals surface area contributed by atoms with Crippen LogP contribution in [0.5, 0.6) is 0 Å². The highest BCUT2D eigenvalue weighted by Crippen LogP contribution is 2.19. The third kappa shape index (κ3) is 4.35. The zero-order chi connectivity index (χ0) is 15.3. The molecule has 1 aromatic heterocycles. The monoisotopic (exact) mass is 281 g/mol. The van der Waals surface area contributed by atoms with E-state index < -0.39 is 11.8 Å². The minimum absolute atomic E-state index is 0.0473. The molecule has 0 aliphatic heterocycles. The number of hydrazine groups is 1. The number of anilines is 2. The quantitative estimate of drug-likeness (QED) is 0.356. The van der Waals surface area contributed by atoms with Crippen LogP contribution in [0.1, 0.15) is 25.6 Å². The van der Waals surface area contributed by atoms with Gasteiger partial charge in [-0.25, -0.2) is 15.8 Å². The van der Waals surface area contributed by atoms with Crippen LogP contribution in [0.2, 0.25) is 0 Å². The smallest absolute Gasteiger partial charge is 0.237 e. The van der Waals surface area contributed by atoms with Crippen molar-refractivity contribution < 1.29 is 9.59 Å². The molecule has 2 amide bonds. The summed E-state index contributed by atoms with van der Waals surface area (Å²) in [7, 11) is 0. The first-order valence-electron chi connectivity index (χ1n) is 6.00. The Kier molecular flexibility index (Phi) is 5.21. The molecule has 0 aliphatic rings. The Hall–Kier alpha value is -2.42. The molecule has 1 rings (SSSR count). The van der Waals surface area contributed by atoms with Crippen molar-refractivity contribution in [3.63, 3.8) is 0 Å². The Morgan fingerprint density at radius 2 is 1.80 bits per heavy atom. The van der Waals surface area contributed by atoms with Crippen LogP contribution in [0, 0.1) is 0 Å². The fourth-order valence-electron chi connectivity index (χ4n) is 1.54.